The van der Waals surface area contributed by atoms with E-state index in [-0.39, 0.29) is 5.91 Å². The fourth-order valence-electron chi connectivity index (χ4n) is 1.89. The number of alkyl halides is 2. The Bertz CT molecular complexity index is 581. The summed E-state index contributed by atoms with van der Waals surface area (Å²) < 4.78 is 5.20. The molecule has 2 rings (SSSR count). The van der Waals surface area contributed by atoms with Crippen molar-refractivity contribution in [2.45, 2.75) is 11.3 Å². The van der Waals surface area contributed by atoms with Crippen LogP contribution in [0, 0.1) is 0 Å². The first-order chi connectivity index (χ1) is 9.11. The third-order valence-corrected chi connectivity index (χ3v) is 3.26. The van der Waals surface area contributed by atoms with Crippen LogP contribution in [0.25, 0.3) is 10.9 Å². The van der Waals surface area contributed by atoms with Crippen LogP contribution in [0.1, 0.15) is 5.56 Å². The summed E-state index contributed by atoms with van der Waals surface area (Å²) >= 11 is 10.9. The second-order valence-electron chi connectivity index (χ2n) is 4.07. The monoisotopic (exact) mass is 300 g/mol. The fraction of sp³-hybridized carbons (Fsp3) is 0.308. The number of aromatic amines is 1. The van der Waals surface area contributed by atoms with Crippen molar-refractivity contribution in [2.24, 2.45) is 0 Å². The van der Waals surface area contributed by atoms with E-state index in [1.54, 1.807) is 7.11 Å². The van der Waals surface area contributed by atoms with Gasteiger partial charge >= 0.3 is 0 Å². The van der Waals surface area contributed by atoms with E-state index in [4.69, 9.17) is 27.9 Å². The third kappa shape index (κ3) is 3.33. The maximum absolute atomic E-state index is 11.2. The Morgan fingerprint density at radius 2 is 2.26 bits per heavy atom. The number of aromatic nitrogens is 1. The highest BCUT2D eigenvalue weighted by molar-refractivity contribution is 6.53. The number of H-pyrrole nitrogens is 1. The minimum Gasteiger partial charge on any atom is -0.497 e. The molecule has 0 spiro atoms. The van der Waals surface area contributed by atoms with E-state index in [2.05, 4.69) is 10.3 Å². The van der Waals surface area contributed by atoms with Crippen molar-refractivity contribution >= 4 is 40.0 Å². The molecule has 4 nitrogen and oxygen atoms in total. The van der Waals surface area contributed by atoms with Crippen LogP contribution in [-0.2, 0) is 11.2 Å². The van der Waals surface area contributed by atoms with Crippen LogP contribution in [0.2, 0.25) is 0 Å². The summed E-state index contributed by atoms with van der Waals surface area (Å²) in [5.41, 5.74) is 2.14. The average Bonchev–Trinajstić information content (AvgIpc) is 2.81. The molecule has 2 N–H and O–H groups in total. The van der Waals surface area contributed by atoms with Crippen LogP contribution in [0.4, 0.5) is 0 Å². The Morgan fingerprint density at radius 3 is 2.95 bits per heavy atom. The summed E-state index contributed by atoms with van der Waals surface area (Å²) in [6, 6.07) is 5.83. The number of hydrogen-bond acceptors (Lipinski definition) is 2. The number of hydrogen-bond donors (Lipinski definition) is 2. The van der Waals surface area contributed by atoms with Gasteiger partial charge in [-0.15, -0.1) is 0 Å². The maximum atomic E-state index is 11.2. The zero-order chi connectivity index (χ0) is 13.8. The van der Waals surface area contributed by atoms with Crippen molar-refractivity contribution in [3.8, 4) is 5.75 Å². The zero-order valence-electron chi connectivity index (χ0n) is 10.4. The lowest BCUT2D eigenvalue weighted by Crippen LogP contribution is -2.30. The summed E-state index contributed by atoms with van der Waals surface area (Å²) in [6.45, 7) is 0.485. The van der Waals surface area contributed by atoms with E-state index in [0.717, 1.165) is 22.2 Å². The number of amides is 1. The minimum atomic E-state index is -1.02. The smallest absolute Gasteiger partial charge is 0.253 e. The molecule has 0 fully saturated rings. The molecule has 0 aliphatic carbocycles. The molecule has 0 aliphatic rings. The van der Waals surface area contributed by atoms with E-state index in [1.165, 1.54) is 0 Å². The first-order valence-electron chi connectivity index (χ1n) is 5.81. The molecule has 102 valence electrons. The summed E-state index contributed by atoms with van der Waals surface area (Å²) in [4.78, 5) is 13.4. The van der Waals surface area contributed by atoms with Gasteiger partial charge in [0, 0.05) is 23.6 Å². The number of ether oxygens (including phenoxy) is 1. The molecule has 2 aromatic rings. The lowest BCUT2D eigenvalue weighted by atomic mass is 10.1. The molecule has 1 heterocycles. The van der Waals surface area contributed by atoms with Crippen molar-refractivity contribution in [1.29, 1.82) is 0 Å². The van der Waals surface area contributed by atoms with E-state index >= 15 is 0 Å². The fourth-order valence-corrected chi connectivity index (χ4v) is 2.04. The molecule has 0 unspecified atom stereocenters. The first kappa shape index (κ1) is 14.0. The van der Waals surface area contributed by atoms with Gasteiger partial charge in [-0.1, -0.05) is 23.2 Å². The Balaban J connectivity index is 2.06. The standard InChI is InChI=1S/C13H14Cl2N2O2/c1-19-9-2-3-11-10(6-9)8(7-17-11)4-5-16-13(18)12(14)15/h2-3,6-7,12,17H,4-5H2,1H3,(H,16,18). The largest absolute Gasteiger partial charge is 0.497 e. The van der Waals surface area contributed by atoms with Crippen molar-refractivity contribution in [3.05, 3.63) is 30.0 Å². The third-order valence-electron chi connectivity index (χ3n) is 2.87. The van der Waals surface area contributed by atoms with Crippen LogP contribution in [-0.4, -0.2) is 29.4 Å². The highest BCUT2D eigenvalue weighted by atomic mass is 35.5. The predicted molar refractivity (Wildman–Crippen MR) is 77.1 cm³/mol. The number of rotatable bonds is 5. The van der Waals surface area contributed by atoms with E-state index in [0.29, 0.717) is 13.0 Å². The summed E-state index contributed by atoms with van der Waals surface area (Å²) in [6.07, 6.45) is 2.62. The van der Waals surface area contributed by atoms with Crippen molar-refractivity contribution in [2.75, 3.05) is 13.7 Å². The number of benzene rings is 1. The number of methoxy groups -OCH3 is 1. The van der Waals surface area contributed by atoms with Crippen LogP contribution in [0.3, 0.4) is 0 Å². The maximum Gasteiger partial charge on any atom is 0.253 e. The molecule has 0 atom stereocenters. The second kappa shape index (κ2) is 6.17. The first-order valence-corrected chi connectivity index (χ1v) is 6.69. The van der Waals surface area contributed by atoms with Gasteiger partial charge in [0.25, 0.3) is 5.91 Å². The molecule has 1 aromatic carbocycles. The van der Waals surface area contributed by atoms with E-state index in [1.807, 2.05) is 24.4 Å². The molecule has 0 bridgehead atoms. The number of carbonyl (C=O) groups excluding carboxylic acids is 1. The second-order valence-corrected chi connectivity index (χ2v) is 5.16. The van der Waals surface area contributed by atoms with Gasteiger partial charge in [-0.05, 0) is 30.2 Å². The zero-order valence-corrected chi connectivity index (χ0v) is 11.9. The summed E-state index contributed by atoms with van der Waals surface area (Å²) in [7, 11) is 1.63. The van der Waals surface area contributed by atoms with E-state index < -0.39 is 4.84 Å². The van der Waals surface area contributed by atoms with Gasteiger partial charge in [-0.2, -0.15) is 0 Å². The Hall–Kier alpha value is -1.39. The normalized spacial score (nSPS) is 10.9. The Labute approximate surface area is 121 Å². The number of carbonyl (C=O) groups is 1. The van der Waals surface area contributed by atoms with Gasteiger partial charge in [0.15, 0.2) is 4.84 Å². The molecule has 1 amide bonds. The average molecular weight is 301 g/mol. The molecule has 1 aromatic heterocycles. The molecule has 0 saturated heterocycles. The molecular formula is C13H14Cl2N2O2. The van der Waals surface area contributed by atoms with Gasteiger partial charge in [-0.25, -0.2) is 0 Å². The Kier molecular flexibility index (Phi) is 4.56. The van der Waals surface area contributed by atoms with Gasteiger partial charge in [0.05, 0.1) is 7.11 Å². The summed E-state index contributed by atoms with van der Waals surface area (Å²) in [5, 5.41) is 3.75. The van der Waals surface area contributed by atoms with Crippen molar-refractivity contribution in [1.82, 2.24) is 10.3 Å². The van der Waals surface area contributed by atoms with Crippen LogP contribution < -0.4 is 10.1 Å². The van der Waals surface area contributed by atoms with E-state index in [9.17, 15) is 4.79 Å². The molecule has 0 saturated carbocycles. The quantitative estimate of drug-likeness (QED) is 0.834. The van der Waals surface area contributed by atoms with Gasteiger partial charge in [-0.3, -0.25) is 4.79 Å². The lowest BCUT2D eigenvalue weighted by molar-refractivity contribution is -0.119. The topological polar surface area (TPSA) is 54.1 Å². The van der Waals surface area contributed by atoms with Gasteiger partial charge < -0.3 is 15.0 Å². The minimum absolute atomic E-state index is 0.374. The molecule has 19 heavy (non-hydrogen) atoms. The predicted octanol–water partition coefficient (Wildman–Crippen LogP) is 2.64. The van der Waals surface area contributed by atoms with Crippen LogP contribution >= 0.6 is 23.2 Å². The summed E-state index contributed by atoms with van der Waals surface area (Å²) in [5.74, 6) is 0.430. The molecular weight excluding hydrogens is 287 g/mol. The molecule has 0 radical (unpaired) electrons. The van der Waals surface area contributed by atoms with Gasteiger partial charge in [0.2, 0.25) is 0 Å². The van der Waals surface area contributed by atoms with Crippen molar-refractivity contribution in [3.63, 3.8) is 0 Å². The SMILES string of the molecule is COc1ccc2[nH]cc(CCNC(=O)C(Cl)Cl)c2c1. The highest BCUT2D eigenvalue weighted by Crippen LogP contribution is 2.23. The number of fused-ring (bicyclic) bond motifs is 1. The van der Waals surface area contributed by atoms with Crippen molar-refractivity contribution < 1.29 is 9.53 Å². The van der Waals surface area contributed by atoms with Crippen LogP contribution in [0.15, 0.2) is 24.4 Å². The molecule has 0 aliphatic heterocycles. The highest BCUT2D eigenvalue weighted by Gasteiger charge is 2.11. The lowest BCUT2D eigenvalue weighted by Gasteiger charge is -2.05. The molecule has 6 heteroatoms. The number of halogens is 2. The number of nitrogens with one attached hydrogen (secondary N) is 2. The van der Waals surface area contributed by atoms with Gasteiger partial charge in [0.1, 0.15) is 5.75 Å². The van der Waals surface area contributed by atoms with Crippen LogP contribution in [0.5, 0.6) is 5.75 Å². The Morgan fingerprint density at radius 1 is 1.47 bits per heavy atom.